The van der Waals surface area contributed by atoms with Crippen LogP contribution in [-0.2, 0) is 0 Å². The first-order valence-electron chi connectivity index (χ1n) is 7.74. The van der Waals surface area contributed by atoms with Gasteiger partial charge < -0.3 is 5.32 Å². The number of allylic oxidation sites excluding steroid dienone is 7. The Bertz CT molecular complexity index is 684. The minimum absolute atomic E-state index is 0.977. The van der Waals surface area contributed by atoms with Crippen molar-refractivity contribution in [3.8, 4) is 0 Å². The third-order valence-corrected chi connectivity index (χ3v) is 3.99. The zero-order chi connectivity index (χ0) is 16.1. The molecule has 0 aliphatic carbocycles. The van der Waals surface area contributed by atoms with E-state index in [2.05, 4.69) is 74.8 Å². The molecule has 0 aromatic heterocycles. The highest BCUT2D eigenvalue weighted by Gasteiger charge is 2.07. The van der Waals surface area contributed by atoms with E-state index in [-0.39, 0.29) is 0 Å². The van der Waals surface area contributed by atoms with Gasteiger partial charge in [0.15, 0.2) is 0 Å². The quantitative estimate of drug-likeness (QED) is 0.715. The summed E-state index contributed by atoms with van der Waals surface area (Å²) >= 11 is 0. The van der Waals surface area contributed by atoms with Crippen molar-refractivity contribution < 1.29 is 0 Å². The summed E-state index contributed by atoms with van der Waals surface area (Å²) in [7, 11) is 0. The second kappa shape index (κ2) is 7.13. The number of rotatable bonds is 3. The van der Waals surface area contributed by atoms with Crippen LogP contribution in [0.1, 0.15) is 36.5 Å². The van der Waals surface area contributed by atoms with Crippen LogP contribution >= 0.6 is 0 Å². The average Bonchev–Trinajstić information content (AvgIpc) is 2.44. The number of nitrogens with one attached hydrogen (secondary N) is 1. The van der Waals surface area contributed by atoms with Crippen molar-refractivity contribution in [2.75, 3.05) is 0 Å². The SMILES string of the molecule is C=C(C)C(=C)/C=C1/CC/C=C\C=C(\c2ccc(C)c(C)c2)N1. The Balaban J connectivity index is 2.33. The lowest BCUT2D eigenvalue weighted by atomic mass is 10.0. The fraction of sp³-hybridized carbons (Fsp3) is 0.238. The molecule has 1 nitrogen and oxygen atoms in total. The lowest BCUT2D eigenvalue weighted by Crippen LogP contribution is -2.13. The highest BCUT2D eigenvalue weighted by molar-refractivity contribution is 5.68. The number of benzene rings is 1. The molecule has 0 unspecified atom stereocenters. The first kappa shape index (κ1) is 16.1. The fourth-order valence-corrected chi connectivity index (χ4v) is 2.30. The third kappa shape index (κ3) is 4.11. The van der Waals surface area contributed by atoms with Gasteiger partial charge in [-0.05, 0) is 74.1 Å². The van der Waals surface area contributed by atoms with E-state index >= 15 is 0 Å². The first-order valence-corrected chi connectivity index (χ1v) is 7.74. The van der Waals surface area contributed by atoms with Crippen LogP contribution in [0.2, 0.25) is 0 Å². The zero-order valence-corrected chi connectivity index (χ0v) is 13.9. The van der Waals surface area contributed by atoms with Gasteiger partial charge in [0.1, 0.15) is 0 Å². The topological polar surface area (TPSA) is 12.0 Å². The van der Waals surface area contributed by atoms with E-state index in [0.717, 1.165) is 29.7 Å². The van der Waals surface area contributed by atoms with Crippen LogP contribution in [0.25, 0.3) is 5.70 Å². The summed E-state index contributed by atoms with van der Waals surface area (Å²) in [6, 6.07) is 6.57. The van der Waals surface area contributed by atoms with Crippen molar-refractivity contribution in [2.45, 2.75) is 33.6 Å². The second-order valence-corrected chi connectivity index (χ2v) is 5.95. The lowest BCUT2D eigenvalue weighted by Gasteiger charge is -2.17. The zero-order valence-electron chi connectivity index (χ0n) is 13.9. The summed E-state index contributed by atoms with van der Waals surface area (Å²) in [5.41, 5.74) is 8.12. The van der Waals surface area contributed by atoms with Crippen molar-refractivity contribution in [3.63, 3.8) is 0 Å². The van der Waals surface area contributed by atoms with Crippen LogP contribution in [0.4, 0.5) is 0 Å². The van der Waals surface area contributed by atoms with Crippen LogP contribution in [-0.4, -0.2) is 0 Å². The summed E-state index contributed by atoms with van der Waals surface area (Å²) in [5.74, 6) is 0. The highest BCUT2D eigenvalue weighted by atomic mass is 14.9. The first-order chi connectivity index (χ1) is 10.5. The van der Waals surface area contributed by atoms with Gasteiger partial charge >= 0.3 is 0 Å². The van der Waals surface area contributed by atoms with Gasteiger partial charge in [-0.3, -0.25) is 0 Å². The van der Waals surface area contributed by atoms with E-state index in [0.29, 0.717) is 0 Å². The number of hydrogen-bond acceptors (Lipinski definition) is 1. The van der Waals surface area contributed by atoms with Crippen molar-refractivity contribution in [3.05, 3.63) is 89.2 Å². The van der Waals surface area contributed by atoms with E-state index in [9.17, 15) is 0 Å². The molecule has 1 aromatic rings. The molecule has 22 heavy (non-hydrogen) atoms. The summed E-state index contributed by atoms with van der Waals surface area (Å²) in [6.45, 7) is 14.3. The van der Waals surface area contributed by atoms with E-state index in [1.807, 2.05) is 6.92 Å². The van der Waals surface area contributed by atoms with E-state index in [4.69, 9.17) is 0 Å². The monoisotopic (exact) mass is 291 g/mol. The maximum atomic E-state index is 4.07. The Morgan fingerprint density at radius 1 is 1.18 bits per heavy atom. The molecule has 0 saturated carbocycles. The van der Waals surface area contributed by atoms with Crippen LogP contribution in [0.15, 0.2) is 72.5 Å². The molecule has 0 spiro atoms. The summed E-state index contributed by atoms with van der Waals surface area (Å²) in [5, 5.41) is 3.57. The molecular formula is C21H25N. The minimum atomic E-state index is 0.977. The Labute approximate surface area is 134 Å². The maximum absolute atomic E-state index is 4.07. The average molecular weight is 291 g/mol. The van der Waals surface area contributed by atoms with Crippen molar-refractivity contribution in [1.82, 2.24) is 5.32 Å². The Morgan fingerprint density at radius 2 is 1.95 bits per heavy atom. The summed E-state index contributed by atoms with van der Waals surface area (Å²) < 4.78 is 0. The predicted molar refractivity (Wildman–Crippen MR) is 97.4 cm³/mol. The number of hydrogen-bond donors (Lipinski definition) is 1. The van der Waals surface area contributed by atoms with Gasteiger partial charge in [0.25, 0.3) is 0 Å². The van der Waals surface area contributed by atoms with Gasteiger partial charge in [0, 0.05) is 11.4 Å². The van der Waals surface area contributed by atoms with Crippen LogP contribution in [0.5, 0.6) is 0 Å². The molecule has 114 valence electrons. The lowest BCUT2D eigenvalue weighted by molar-refractivity contribution is 0.885. The van der Waals surface area contributed by atoms with Gasteiger partial charge in [0.2, 0.25) is 0 Å². The molecule has 1 heteroatoms. The molecule has 1 heterocycles. The van der Waals surface area contributed by atoms with Crippen LogP contribution in [0.3, 0.4) is 0 Å². The summed E-state index contributed by atoms with van der Waals surface area (Å²) in [6.07, 6.45) is 10.6. The minimum Gasteiger partial charge on any atom is -0.358 e. The molecule has 0 saturated heterocycles. The Morgan fingerprint density at radius 3 is 2.64 bits per heavy atom. The Hall–Kier alpha value is -2.28. The molecule has 1 aromatic carbocycles. The number of aryl methyl sites for hydroxylation is 2. The van der Waals surface area contributed by atoms with Crippen LogP contribution < -0.4 is 5.32 Å². The maximum Gasteiger partial charge on any atom is 0.0455 e. The van der Waals surface area contributed by atoms with Crippen molar-refractivity contribution in [1.29, 1.82) is 0 Å². The van der Waals surface area contributed by atoms with Gasteiger partial charge in [-0.15, -0.1) is 0 Å². The third-order valence-electron chi connectivity index (χ3n) is 3.99. The molecule has 0 radical (unpaired) electrons. The van der Waals surface area contributed by atoms with E-state index < -0.39 is 0 Å². The molecular weight excluding hydrogens is 266 g/mol. The predicted octanol–water partition coefficient (Wildman–Crippen LogP) is 5.60. The normalized spacial score (nSPS) is 20.3. The van der Waals surface area contributed by atoms with Gasteiger partial charge in [0.05, 0.1) is 0 Å². The molecule has 2 rings (SSSR count). The van der Waals surface area contributed by atoms with Gasteiger partial charge in [-0.25, -0.2) is 0 Å². The Kier molecular flexibility index (Phi) is 5.21. The molecule has 1 aliphatic rings. The highest BCUT2D eigenvalue weighted by Crippen LogP contribution is 2.21. The van der Waals surface area contributed by atoms with E-state index in [1.54, 1.807) is 0 Å². The van der Waals surface area contributed by atoms with Gasteiger partial charge in [-0.1, -0.05) is 43.0 Å². The molecule has 0 fully saturated rings. The van der Waals surface area contributed by atoms with Gasteiger partial charge in [-0.2, -0.15) is 0 Å². The van der Waals surface area contributed by atoms with Crippen molar-refractivity contribution >= 4 is 5.70 Å². The van der Waals surface area contributed by atoms with Crippen molar-refractivity contribution in [2.24, 2.45) is 0 Å². The molecule has 1 N–H and O–H groups in total. The second-order valence-electron chi connectivity index (χ2n) is 5.95. The molecule has 0 atom stereocenters. The largest absolute Gasteiger partial charge is 0.358 e. The molecule has 0 amide bonds. The fourth-order valence-electron chi connectivity index (χ4n) is 2.30. The summed E-state index contributed by atoms with van der Waals surface area (Å²) in [4.78, 5) is 0. The standard InChI is InChI=1S/C21H25N/c1-15(2)17(4)14-20-9-7-6-8-10-21(22-20)19-12-11-16(3)18(5)13-19/h6,8,10-14,22H,1,4,7,9H2,2-3,5H3/b8-6-,20-14-,21-10-. The van der Waals surface area contributed by atoms with E-state index in [1.165, 1.54) is 22.4 Å². The smallest absolute Gasteiger partial charge is 0.0455 e. The van der Waals surface area contributed by atoms with Crippen LogP contribution in [0, 0.1) is 13.8 Å². The molecule has 0 bridgehead atoms. The molecule has 1 aliphatic heterocycles.